The van der Waals surface area contributed by atoms with Gasteiger partial charge in [0.25, 0.3) is 0 Å². The molecule has 1 aliphatic rings. The summed E-state index contributed by atoms with van der Waals surface area (Å²) in [6.45, 7) is 3.71. The van der Waals surface area contributed by atoms with Gasteiger partial charge in [-0.05, 0) is 31.6 Å². The van der Waals surface area contributed by atoms with Gasteiger partial charge < -0.3 is 20.1 Å². The second kappa shape index (κ2) is 7.99. The van der Waals surface area contributed by atoms with Gasteiger partial charge in [0.15, 0.2) is 0 Å². The maximum atomic E-state index is 11.7. The number of ether oxygens (including phenoxy) is 1. The van der Waals surface area contributed by atoms with Gasteiger partial charge in [-0.2, -0.15) is 0 Å². The van der Waals surface area contributed by atoms with Crippen molar-refractivity contribution in [3.63, 3.8) is 0 Å². The first-order valence-corrected chi connectivity index (χ1v) is 6.87. The van der Waals surface area contributed by atoms with Crippen molar-refractivity contribution in [2.24, 2.45) is 5.92 Å². The van der Waals surface area contributed by atoms with Crippen molar-refractivity contribution in [1.82, 2.24) is 10.2 Å². The molecule has 6 heteroatoms. The molecule has 0 heterocycles. The zero-order valence-corrected chi connectivity index (χ0v) is 11.7. The lowest BCUT2D eigenvalue weighted by molar-refractivity contribution is -0.141. The molecule has 0 aromatic heterocycles. The van der Waals surface area contributed by atoms with Crippen LogP contribution in [-0.4, -0.2) is 54.9 Å². The van der Waals surface area contributed by atoms with Crippen molar-refractivity contribution < 1.29 is 19.4 Å². The maximum Gasteiger partial charge on any atom is 0.326 e. The molecule has 6 nitrogen and oxygen atoms in total. The molecule has 1 saturated carbocycles. The van der Waals surface area contributed by atoms with E-state index in [1.54, 1.807) is 6.92 Å². The van der Waals surface area contributed by atoms with Gasteiger partial charge in [-0.3, -0.25) is 0 Å². The second-order valence-corrected chi connectivity index (χ2v) is 4.98. The molecule has 1 rings (SSSR count). The van der Waals surface area contributed by atoms with Crippen molar-refractivity contribution in [2.45, 2.75) is 38.6 Å². The number of carboxylic acid groups (broad SMARTS) is 1. The summed E-state index contributed by atoms with van der Waals surface area (Å²) in [6, 6.07) is -1.12. The third-order valence-corrected chi connectivity index (χ3v) is 3.25. The topological polar surface area (TPSA) is 78.9 Å². The molecule has 2 N–H and O–H groups in total. The van der Waals surface area contributed by atoms with Crippen molar-refractivity contribution in [1.29, 1.82) is 0 Å². The molecule has 0 saturated heterocycles. The Hall–Kier alpha value is -1.30. The highest BCUT2D eigenvalue weighted by molar-refractivity contribution is 5.82. The number of hydrogen-bond acceptors (Lipinski definition) is 3. The number of amides is 2. The van der Waals surface area contributed by atoms with Crippen molar-refractivity contribution >= 4 is 12.0 Å². The Balaban J connectivity index is 2.09. The monoisotopic (exact) mass is 272 g/mol. The molecule has 110 valence electrons. The van der Waals surface area contributed by atoms with Crippen LogP contribution >= 0.6 is 0 Å². The van der Waals surface area contributed by atoms with Gasteiger partial charge in [-0.1, -0.05) is 6.92 Å². The predicted molar refractivity (Wildman–Crippen MR) is 71.0 cm³/mol. The fourth-order valence-corrected chi connectivity index (χ4v) is 1.78. The van der Waals surface area contributed by atoms with Crippen molar-refractivity contribution in [3.8, 4) is 0 Å². The Kier molecular flexibility index (Phi) is 6.62. The van der Waals surface area contributed by atoms with Crippen LogP contribution in [0.4, 0.5) is 4.79 Å². The van der Waals surface area contributed by atoms with Crippen LogP contribution in [-0.2, 0) is 9.53 Å². The molecule has 0 aliphatic heterocycles. The quantitative estimate of drug-likeness (QED) is 0.620. The first kappa shape index (κ1) is 15.8. The lowest BCUT2D eigenvalue weighted by atomic mass is 10.2. The van der Waals surface area contributed by atoms with Crippen LogP contribution in [0.15, 0.2) is 0 Å². The van der Waals surface area contributed by atoms with E-state index in [1.165, 1.54) is 24.8 Å². The molecule has 1 unspecified atom stereocenters. The smallest absolute Gasteiger partial charge is 0.326 e. The average molecular weight is 272 g/mol. The fourth-order valence-electron chi connectivity index (χ4n) is 1.78. The lowest BCUT2D eigenvalue weighted by Gasteiger charge is -2.23. The highest BCUT2D eigenvalue weighted by Crippen LogP contribution is 2.28. The fraction of sp³-hybridized carbons (Fsp3) is 0.846. The van der Waals surface area contributed by atoms with Crippen LogP contribution < -0.4 is 5.32 Å². The molecule has 0 aromatic carbocycles. The number of aliphatic carboxylic acids is 1. The third-order valence-electron chi connectivity index (χ3n) is 3.25. The minimum atomic E-state index is -0.979. The van der Waals surface area contributed by atoms with E-state index in [9.17, 15) is 9.59 Å². The molecule has 1 atom stereocenters. The van der Waals surface area contributed by atoms with Crippen LogP contribution in [0, 0.1) is 5.92 Å². The predicted octanol–water partition coefficient (Wildman–Crippen LogP) is 1.31. The number of nitrogens with one attached hydrogen (secondary N) is 1. The number of likely N-dealkylation sites (N-methyl/N-ethyl adjacent to an activating group) is 1. The zero-order valence-electron chi connectivity index (χ0n) is 11.7. The van der Waals surface area contributed by atoms with Crippen LogP contribution in [0.3, 0.4) is 0 Å². The molecule has 1 aliphatic carbocycles. The van der Waals surface area contributed by atoms with E-state index in [2.05, 4.69) is 5.32 Å². The van der Waals surface area contributed by atoms with E-state index in [-0.39, 0.29) is 6.03 Å². The molecule has 0 radical (unpaired) electrons. The maximum absolute atomic E-state index is 11.7. The van der Waals surface area contributed by atoms with E-state index in [1.807, 2.05) is 0 Å². The number of rotatable bonds is 9. The van der Waals surface area contributed by atoms with Crippen LogP contribution in [0.2, 0.25) is 0 Å². The first-order chi connectivity index (χ1) is 9.06. The SMILES string of the molecule is CCC(C(=O)O)N(C)C(=O)NCCCOCC1CC1. The summed E-state index contributed by atoms with van der Waals surface area (Å²) in [6.07, 6.45) is 3.68. The summed E-state index contributed by atoms with van der Waals surface area (Å²) in [5.74, 6) is -0.227. The van der Waals surface area contributed by atoms with E-state index in [4.69, 9.17) is 9.84 Å². The minimum absolute atomic E-state index is 0.351. The summed E-state index contributed by atoms with van der Waals surface area (Å²) in [5, 5.41) is 11.6. The molecule has 0 aromatic rings. The third kappa shape index (κ3) is 5.92. The molecule has 19 heavy (non-hydrogen) atoms. The summed E-state index contributed by atoms with van der Waals surface area (Å²) >= 11 is 0. The zero-order chi connectivity index (χ0) is 14.3. The van der Waals surface area contributed by atoms with Crippen LogP contribution in [0.5, 0.6) is 0 Å². The Morgan fingerprint density at radius 1 is 1.47 bits per heavy atom. The van der Waals surface area contributed by atoms with E-state index in [0.717, 1.165) is 18.9 Å². The van der Waals surface area contributed by atoms with Gasteiger partial charge in [0, 0.05) is 26.8 Å². The minimum Gasteiger partial charge on any atom is -0.480 e. The second-order valence-electron chi connectivity index (χ2n) is 4.98. The normalized spacial score (nSPS) is 15.9. The number of carboxylic acids is 1. The molecule has 1 fully saturated rings. The lowest BCUT2D eigenvalue weighted by Crippen LogP contribution is -2.47. The first-order valence-electron chi connectivity index (χ1n) is 6.87. The van der Waals surface area contributed by atoms with E-state index >= 15 is 0 Å². The molecular weight excluding hydrogens is 248 g/mol. The van der Waals surface area contributed by atoms with Crippen LogP contribution in [0.25, 0.3) is 0 Å². The molecule has 0 spiro atoms. The number of carbonyl (C=O) groups excluding carboxylic acids is 1. The van der Waals surface area contributed by atoms with Gasteiger partial charge in [0.1, 0.15) is 6.04 Å². The van der Waals surface area contributed by atoms with Crippen LogP contribution in [0.1, 0.15) is 32.6 Å². The summed E-state index contributed by atoms with van der Waals surface area (Å²) in [4.78, 5) is 23.9. The molecule has 0 bridgehead atoms. The van der Waals surface area contributed by atoms with Gasteiger partial charge in [0.2, 0.25) is 0 Å². The van der Waals surface area contributed by atoms with Crippen molar-refractivity contribution in [2.75, 3.05) is 26.8 Å². The largest absolute Gasteiger partial charge is 0.480 e. The number of urea groups is 1. The van der Waals surface area contributed by atoms with Gasteiger partial charge in [-0.15, -0.1) is 0 Å². The Labute approximate surface area is 114 Å². The summed E-state index contributed by atoms with van der Waals surface area (Å²) < 4.78 is 5.45. The Morgan fingerprint density at radius 2 is 2.16 bits per heavy atom. The number of nitrogens with zero attached hydrogens (tertiary/aromatic N) is 1. The number of hydrogen-bond donors (Lipinski definition) is 2. The average Bonchev–Trinajstić information content (AvgIpc) is 3.17. The number of carbonyl (C=O) groups is 2. The van der Waals surface area contributed by atoms with E-state index < -0.39 is 12.0 Å². The summed E-state index contributed by atoms with van der Waals surface area (Å²) in [7, 11) is 1.50. The highest BCUT2D eigenvalue weighted by atomic mass is 16.5. The van der Waals surface area contributed by atoms with Crippen molar-refractivity contribution in [3.05, 3.63) is 0 Å². The highest BCUT2D eigenvalue weighted by Gasteiger charge is 2.24. The van der Waals surface area contributed by atoms with Gasteiger partial charge in [0.05, 0.1) is 0 Å². The van der Waals surface area contributed by atoms with E-state index in [0.29, 0.717) is 19.6 Å². The molecular formula is C13H24N2O4. The standard InChI is InChI=1S/C13H24N2O4/c1-3-11(12(16)17)15(2)13(18)14-7-4-8-19-9-10-5-6-10/h10-11H,3-9H2,1-2H3,(H,14,18)(H,16,17). The van der Waals surface area contributed by atoms with Gasteiger partial charge >= 0.3 is 12.0 Å². The Morgan fingerprint density at radius 3 is 2.68 bits per heavy atom. The Bertz CT molecular complexity index is 305. The summed E-state index contributed by atoms with van der Waals surface area (Å²) in [5.41, 5.74) is 0. The molecule has 2 amide bonds. The van der Waals surface area contributed by atoms with Gasteiger partial charge in [-0.25, -0.2) is 9.59 Å².